The van der Waals surface area contributed by atoms with Gasteiger partial charge in [0.1, 0.15) is 6.07 Å². The van der Waals surface area contributed by atoms with E-state index in [1.54, 1.807) is 10.9 Å². The van der Waals surface area contributed by atoms with Crippen LogP contribution >= 0.6 is 0 Å². The lowest BCUT2D eigenvalue weighted by Crippen LogP contribution is -2.51. The van der Waals surface area contributed by atoms with Crippen LogP contribution in [0.15, 0.2) is 12.4 Å². The smallest absolute Gasteiger partial charge is 0.214 e. The largest absolute Gasteiger partial charge is 0.297 e. The van der Waals surface area contributed by atoms with Gasteiger partial charge in [-0.2, -0.15) is 10.4 Å². The lowest BCUT2D eigenvalue weighted by Gasteiger charge is -2.56. The maximum Gasteiger partial charge on any atom is 0.214 e. The molecule has 4 unspecified atom stereocenters. The molecular weight excluding hydrogens is 460 g/mol. The fourth-order valence-corrected chi connectivity index (χ4v) is 10.6. The van der Waals surface area contributed by atoms with Gasteiger partial charge in [0.15, 0.2) is 5.78 Å². The molecule has 8 atom stereocenters. The van der Waals surface area contributed by atoms with E-state index in [0.29, 0.717) is 23.3 Å². The van der Waals surface area contributed by atoms with Crippen molar-refractivity contribution in [1.29, 1.82) is 5.26 Å². The lowest BCUT2D eigenvalue weighted by atomic mass is 9.49. The number of nitrogens with one attached hydrogen (secondary N) is 1. The lowest BCUT2D eigenvalue weighted by molar-refractivity contribution is -0.131. The highest BCUT2D eigenvalue weighted by molar-refractivity contribution is 7.90. The number of nitriles is 1. The molecule has 7 nitrogen and oxygen atoms in total. The second kappa shape index (κ2) is 8.69. The van der Waals surface area contributed by atoms with Crippen molar-refractivity contribution in [2.45, 2.75) is 95.4 Å². The second-order valence-corrected chi connectivity index (χ2v) is 14.5. The Bertz CT molecular complexity index is 1140. The number of hydrogen-bond donors (Lipinski definition) is 1. The van der Waals surface area contributed by atoms with E-state index in [-0.39, 0.29) is 35.0 Å². The number of ketones is 1. The van der Waals surface area contributed by atoms with Crippen molar-refractivity contribution in [2.24, 2.45) is 40.9 Å². The number of fused-ring (bicyclic) bond motifs is 5. The van der Waals surface area contributed by atoms with Gasteiger partial charge in [-0.05, 0) is 106 Å². The molecule has 35 heavy (non-hydrogen) atoms. The van der Waals surface area contributed by atoms with Crippen LogP contribution in [-0.2, 0) is 21.4 Å². The first-order valence-electron chi connectivity index (χ1n) is 13.7. The van der Waals surface area contributed by atoms with Gasteiger partial charge in [-0.1, -0.05) is 6.92 Å². The molecule has 5 aliphatic carbocycles. The molecule has 190 valence electrons. The Morgan fingerprint density at radius 3 is 2.66 bits per heavy atom. The van der Waals surface area contributed by atoms with Crippen molar-refractivity contribution in [3.05, 3.63) is 18.0 Å². The Hall–Kier alpha value is -1.72. The molecule has 1 N–H and O–H groups in total. The summed E-state index contributed by atoms with van der Waals surface area (Å²) in [5.41, 5.74) is 0.577. The molecule has 0 amide bonds. The number of aromatic nitrogens is 2. The van der Waals surface area contributed by atoms with Crippen molar-refractivity contribution >= 4 is 15.8 Å². The number of rotatable bonds is 6. The topological polar surface area (TPSA) is 105 Å². The van der Waals surface area contributed by atoms with E-state index in [4.69, 9.17) is 5.26 Å². The summed E-state index contributed by atoms with van der Waals surface area (Å²) >= 11 is 0. The SMILES string of the molecule is C[C@]12CC[C@@H]3C4CCC(NS(=O)(=O)C5CC5)CC4CCC3[C@@H]1CC[C@@H]2C(=O)Cn1cc(C#N)cn1. The van der Waals surface area contributed by atoms with Gasteiger partial charge in [-0.15, -0.1) is 0 Å². The van der Waals surface area contributed by atoms with Crippen LogP contribution in [0.1, 0.15) is 83.1 Å². The van der Waals surface area contributed by atoms with Crippen LogP contribution in [0.5, 0.6) is 0 Å². The molecule has 0 saturated heterocycles. The van der Waals surface area contributed by atoms with E-state index < -0.39 is 10.0 Å². The van der Waals surface area contributed by atoms with Crippen molar-refractivity contribution < 1.29 is 13.2 Å². The molecule has 8 heteroatoms. The Kier molecular flexibility index (Phi) is 5.88. The number of nitrogens with zero attached hydrogens (tertiary/aromatic N) is 3. The Balaban J connectivity index is 1.11. The van der Waals surface area contributed by atoms with Crippen molar-refractivity contribution in [2.75, 3.05) is 0 Å². The van der Waals surface area contributed by atoms with Gasteiger partial charge in [-0.25, -0.2) is 13.1 Å². The number of sulfonamides is 1. The van der Waals surface area contributed by atoms with E-state index in [2.05, 4.69) is 22.8 Å². The average Bonchev–Trinajstić information content (AvgIpc) is 3.51. The normalized spacial score (nSPS) is 40.9. The van der Waals surface area contributed by atoms with Crippen LogP contribution in [0.4, 0.5) is 0 Å². The van der Waals surface area contributed by atoms with E-state index in [1.807, 2.05) is 0 Å². The summed E-state index contributed by atoms with van der Waals surface area (Å²) in [4.78, 5) is 13.4. The van der Waals surface area contributed by atoms with Gasteiger partial charge >= 0.3 is 0 Å². The monoisotopic (exact) mass is 498 g/mol. The van der Waals surface area contributed by atoms with Gasteiger partial charge in [0.05, 0.1) is 23.6 Å². The van der Waals surface area contributed by atoms with Gasteiger partial charge in [-0.3, -0.25) is 9.48 Å². The zero-order chi connectivity index (χ0) is 24.4. The van der Waals surface area contributed by atoms with Gasteiger partial charge in [0.2, 0.25) is 10.0 Å². The first-order valence-corrected chi connectivity index (χ1v) is 15.3. The van der Waals surface area contributed by atoms with Crippen LogP contribution in [0.25, 0.3) is 0 Å². The molecule has 0 aromatic carbocycles. The fraction of sp³-hybridized carbons (Fsp3) is 0.815. The third-order valence-electron chi connectivity index (χ3n) is 10.7. The molecule has 1 heterocycles. The zero-order valence-electron chi connectivity index (χ0n) is 20.7. The van der Waals surface area contributed by atoms with Crippen LogP contribution < -0.4 is 4.72 Å². The minimum absolute atomic E-state index is 0.0768. The molecule has 0 aliphatic heterocycles. The third-order valence-corrected chi connectivity index (χ3v) is 12.7. The van der Waals surface area contributed by atoms with E-state index in [9.17, 15) is 13.2 Å². The number of carbonyl (C=O) groups is 1. The molecule has 1 aromatic rings. The molecular formula is C27H38N4O3S. The molecule has 5 aliphatic rings. The fourth-order valence-electron chi connectivity index (χ4n) is 8.97. The average molecular weight is 499 g/mol. The standard InChI is InChI=1S/C27H38N4O3S/c1-27-11-10-22-21-7-3-19(30-35(33,34)20-4-5-20)12-18(21)2-6-23(22)24(27)8-9-25(27)26(32)16-31-15-17(13-28)14-29-31/h14-15,18-25,30H,2-12,16H2,1H3/t18?,19?,21?,22-,23?,24+,25-,27+/m1/s1. The number of hydrogen-bond acceptors (Lipinski definition) is 5. The summed E-state index contributed by atoms with van der Waals surface area (Å²) in [5, 5.41) is 13.1. The first kappa shape index (κ1) is 23.7. The summed E-state index contributed by atoms with van der Waals surface area (Å²) in [6.07, 6.45) is 14.9. The van der Waals surface area contributed by atoms with Crippen molar-refractivity contribution in [3.8, 4) is 6.07 Å². The summed E-state index contributed by atoms with van der Waals surface area (Å²) in [7, 11) is -3.11. The highest BCUT2D eigenvalue weighted by Crippen LogP contribution is 2.64. The maximum absolute atomic E-state index is 13.4. The first-order chi connectivity index (χ1) is 16.8. The predicted molar refractivity (Wildman–Crippen MR) is 131 cm³/mol. The molecule has 5 saturated carbocycles. The van der Waals surface area contributed by atoms with Crippen molar-refractivity contribution in [1.82, 2.24) is 14.5 Å². The van der Waals surface area contributed by atoms with E-state index in [0.717, 1.165) is 63.2 Å². The minimum Gasteiger partial charge on any atom is -0.297 e. The molecule has 6 rings (SSSR count). The highest BCUT2D eigenvalue weighted by Gasteiger charge is 2.58. The van der Waals surface area contributed by atoms with Crippen LogP contribution in [0, 0.1) is 52.3 Å². The quantitative estimate of drug-likeness (QED) is 0.637. The minimum atomic E-state index is -3.11. The van der Waals surface area contributed by atoms with Gasteiger partial charge < -0.3 is 0 Å². The van der Waals surface area contributed by atoms with Crippen LogP contribution in [-0.4, -0.2) is 35.3 Å². The summed E-state index contributed by atoms with van der Waals surface area (Å²) in [6.45, 7) is 2.65. The number of carbonyl (C=O) groups excluding carboxylic acids is 1. The Labute approximate surface area is 209 Å². The molecule has 0 bridgehead atoms. The summed E-state index contributed by atoms with van der Waals surface area (Å²) < 4.78 is 29.6. The van der Waals surface area contributed by atoms with E-state index >= 15 is 0 Å². The Morgan fingerprint density at radius 1 is 1.11 bits per heavy atom. The highest BCUT2D eigenvalue weighted by atomic mass is 32.2. The summed E-state index contributed by atoms with van der Waals surface area (Å²) in [6, 6.07) is 2.22. The molecule has 5 fully saturated rings. The summed E-state index contributed by atoms with van der Waals surface area (Å²) in [5.74, 6) is 3.81. The predicted octanol–water partition coefficient (Wildman–Crippen LogP) is 4.04. The maximum atomic E-state index is 13.4. The molecule has 0 spiro atoms. The van der Waals surface area contributed by atoms with E-state index in [1.165, 1.54) is 25.5 Å². The molecule has 1 aromatic heterocycles. The van der Waals surface area contributed by atoms with Crippen LogP contribution in [0.2, 0.25) is 0 Å². The number of Topliss-reactive ketones (excluding diaryl/α,β-unsaturated/α-hetero) is 1. The second-order valence-electron chi connectivity index (χ2n) is 12.5. The van der Waals surface area contributed by atoms with Gasteiger partial charge in [0, 0.05) is 18.2 Å². The van der Waals surface area contributed by atoms with Crippen LogP contribution in [0.3, 0.4) is 0 Å². The Morgan fingerprint density at radius 2 is 1.91 bits per heavy atom. The third kappa shape index (κ3) is 4.17. The van der Waals surface area contributed by atoms with Crippen molar-refractivity contribution in [3.63, 3.8) is 0 Å². The molecule has 0 radical (unpaired) electrons. The zero-order valence-corrected chi connectivity index (χ0v) is 21.5. The van der Waals surface area contributed by atoms with Gasteiger partial charge in [0.25, 0.3) is 0 Å².